The van der Waals surface area contributed by atoms with Gasteiger partial charge in [0.05, 0.1) is 5.71 Å². The van der Waals surface area contributed by atoms with E-state index in [1.807, 2.05) is 37.3 Å². The van der Waals surface area contributed by atoms with Crippen LogP contribution in [-0.4, -0.2) is 5.71 Å². The Bertz CT molecular complexity index is 936. The predicted molar refractivity (Wildman–Crippen MR) is 99.1 cm³/mol. The number of nitrogens with zero attached hydrogens (tertiary/aromatic N) is 1. The van der Waals surface area contributed by atoms with Crippen molar-refractivity contribution in [3.63, 3.8) is 0 Å². The van der Waals surface area contributed by atoms with Crippen molar-refractivity contribution in [2.45, 2.75) is 19.4 Å². The lowest BCUT2D eigenvalue weighted by molar-refractivity contribution is 0.0855. The summed E-state index contributed by atoms with van der Waals surface area (Å²) in [5, 5.41) is 4.21. The minimum atomic E-state index is -0.407. The van der Waals surface area contributed by atoms with E-state index >= 15 is 0 Å². The van der Waals surface area contributed by atoms with Crippen LogP contribution in [-0.2, 0) is 4.84 Å². The normalized spacial score (nSPS) is 16.1. The summed E-state index contributed by atoms with van der Waals surface area (Å²) in [6.07, 6.45) is 0.393. The molecule has 0 saturated carbocycles. The molecule has 0 fully saturated rings. The monoisotopic (exact) mass is 347 g/mol. The molecule has 0 amide bonds. The molecule has 0 N–H and O–H groups in total. The van der Waals surface area contributed by atoms with Gasteiger partial charge in [-0.05, 0) is 42.3 Å². The molecule has 3 nitrogen and oxygen atoms in total. The van der Waals surface area contributed by atoms with Crippen molar-refractivity contribution in [1.82, 2.24) is 0 Å². The van der Waals surface area contributed by atoms with Crippen LogP contribution in [0.25, 0.3) is 0 Å². The molecular formula is C22H18FNO2. The number of hydrogen-bond acceptors (Lipinski definition) is 3. The SMILES string of the molecule is Cc1ccc(C2=NOC(c3ccc(F)c(Oc4ccccc4)c3)C2)cc1. The summed E-state index contributed by atoms with van der Waals surface area (Å²) in [4.78, 5) is 5.59. The van der Waals surface area contributed by atoms with Crippen LogP contribution in [0.15, 0.2) is 78.0 Å². The van der Waals surface area contributed by atoms with Crippen LogP contribution >= 0.6 is 0 Å². The average molecular weight is 347 g/mol. The van der Waals surface area contributed by atoms with Crippen LogP contribution in [0, 0.1) is 12.7 Å². The molecule has 1 heterocycles. The molecule has 1 aliphatic heterocycles. The van der Waals surface area contributed by atoms with Crippen LogP contribution in [0.3, 0.4) is 0 Å². The zero-order valence-corrected chi connectivity index (χ0v) is 14.4. The van der Waals surface area contributed by atoms with Crippen molar-refractivity contribution in [2.24, 2.45) is 5.16 Å². The summed E-state index contributed by atoms with van der Waals surface area (Å²) in [5.74, 6) is 0.365. The van der Waals surface area contributed by atoms with Gasteiger partial charge in [-0.15, -0.1) is 0 Å². The Balaban J connectivity index is 1.52. The molecule has 3 aromatic carbocycles. The van der Waals surface area contributed by atoms with Gasteiger partial charge in [-0.25, -0.2) is 4.39 Å². The summed E-state index contributed by atoms with van der Waals surface area (Å²) < 4.78 is 19.8. The minimum absolute atomic E-state index is 0.182. The molecule has 0 aromatic heterocycles. The number of ether oxygens (including phenoxy) is 1. The molecular weight excluding hydrogens is 329 g/mol. The smallest absolute Gasteiger partial charge is 0.165 e. The van der Waals surface area contributed by atoms with Crippen molar-refractivity contribution in [1.29, 1.82) is 0 Å². The van der Waals surface area contributed by atoms with Gasteiger partial charge in [0, 0.05) is 6.42 Å². The molecule has 0 aliphatic carbocycles. The first-order valence-electron chi connectivity index (χ1n) is 8.51. The number of hydrogen-bond donors (Lipinski definition) is 0. The topological polar surface area (TPSA) is 30.8 Å². The molecule has 0 radical (unpaired) electrons. The number of para-hydroxylation sites is 1. The van der Waals surface area contributed by atoms with Gasteiger partial charge < -0.3 is 9.57 Å². The molecule has 0 saturated heterocycles. The molecule has 4 rings (SSSR count). The van der Waals surface area contributed by atoms with Crippen LogP contribution in [0.5, 0.6) is 11.5 Å². The number of oxime groups is 1. The number of halogens is 1. The second-order valence-electron chi connectivity index (χ2n) is 6.31. The van der Waals surface area contributed by atoms with Gasteiger partial charge in [-0.3, -0.25) is 0 Å². The average Bonchev–Trinajstić information content (AvgIpc) is 3.15. The quantitative estimate of drug-likeness (QED) is 0.598. The van der Waals surface area contributed by atoms with Crippen LogP contribution < -0.4 is 4.74 Å². The molecule has 3 aromatic rings. The third-order valence-electron chi connectivity index (χ3n) is 4.35. The van der Waals surface area contributed by atoms with Crippen LogP contribution in [0.1, 0.15) is 29.2 Å². The molecule has 4 heteroatoms. The van der Waals surface area contributed by atoms with Crippen LogP contribution in [0.4, 0.5) is 4.39 Å². The molecule has 1 aliphatic rings. The minimum Gasteiger partial charge on any atom is -0.454 e. The molecule has 1 atom stereocenters. The van der Waals surface area contributed by atoms with E-state index in [1.54, 1.807) is 24.3 Å². The van der Waals surface area contributed by atoms with Gasteiger partial charge >= 0.3 is 0 Å². The standard InChI is InChI=1S/C22H18FNO2/c1-15-7-9-16(10-8-15)20-14-21(26-24-20)17-11-12-19(23)22(13-17)25-18-5-3-2-4-6-18/h2-13,21H,14H2,1H3. The van der Waals surface area contributed by atoms with E-state index in [-0.39, 0.29) is 11.9 Å². The highest BCUT2D eigenvalue weighted by molar-refractivity contribution is 6.01. The summed E-state index contributed by atoms with van der Waals surface area (Å²) in [7, 11) is 0. The maximum atomic E-state index is 14.1. The van der Waals surface area contributed by atoms with Gasteiger partial charge in [0.2, 0.25) is 0 Å². The second kappa shape index (κ2) is 7.00. The highest BCUT2D eigenvalue weighted by atomic mass is 19.1. The summed E-state index contributed by atoms with van der Waals surface area (Å²) in [5.41, 5.74) is 3.97. The first-order valence-corrected chi connectivity index (χ1v) is 8.51. The summed E-state index contributed by atoms with van der Waals surface area (Å²) in [6, 6.07) is 22.1. The van der Waals surface area contributed by atoms with Gasteiger partial charge in [-0.2, -0.15) is 0 Å². The van der Waals surface area contributed by atoms with Gasteiger partial charge in [0.1, 0.15) is 5.75 Å². The Kier molecular flexibility index (Phi) is 4.40. The third-order valence-corrected chi connectivity index (χ3v) is 4.35. The second-order valence-corrected chi connectivity index (χ2v) is 6.31. The predicted octanol–water partition coefficient (Wildman–Crippen LogP) is 5.79. The van der Waals surface area contributed by atoms with Crippen molar-refractivity contribution >= 4 is 5.71 Å². The first kappa shape index (κ1) is 16.3. The Morgan fingerprint density at radius 3 is 2.54 bits per heavy atom. The Hall–Kier alpha value is -3.14. The van der Waals surface area contributed by atoms with E-state index in [2.05, 4.69) is 17.3 Å². The molecule has 130 valence electrons. The highest BCUT2D eigenvalue weighted by Gasteiger charge is 2.25. The first-order chi connectivity index (χ1) is 12.7. The highest BCUT2D eigenvalue weighted by Crippen LogP contribution is 2.33. The summed E-state index contributed by atoms with van der Waals surface area (Å²) in [6.45, 7) is 2.05. The number of aryl methyl sites for hydroxylation is 1. The third kappa shape index (κ3) is 3.45. The maximum Gasteiger partial charge on any atom is 0.165 e. The Labute approximate surface area is 151 Å². The van der Waals surface area contributed by atoms with Crippen molar-refractivity contribution in [3.05, 3.63) is 95.3 Å². The van der Waals surface area contributed by atoms with E-state index in [9.17, 15) is 4.39 Å². The molecule has 1 unspecified atom stereocenters. The number of benzene rings is 3. The van der Waals surface area contributed by atoms with Gasteiger partial charge in [0.15, 0.2) is 17.7 Å². The fraction of sp³-hybridized carbons (Fsp3) is 0.136. The lowest BCUT2D eigenvalue weighted by Crippen LogP contribution is -2.02. The molecule has 26 heavy (non-hydrogen) atoms. The van der Waals surface area contributed by atoms with Crippen molar-refractivity contribution in [3.8, 4) is 11.5 Å². The van der Waals surface area contributed by atoms with Crippen molar-refractivity contribution < 1.29 is 14.0 Å². The van der Waals surface area contributed by atoms with Crippen LogP contribution in [0.2, 0.25) is 0 Å². The summed E-state index contributed by atoms with van der Waals surface area (Å²) >= 11 is 0. The largest absolute Gasteiger partial charge is 0.454 e. The van der Waals surface area contributed by atoms with Gasteiger partial charge in [0.25, 0.3) is 0 Å². The zero-order chi connectivity index (χ0) is 17.9. The molecule has 0 bridgehead atoms. The lowest BCUT2D eigenvalue weighted by atomic mass is 9.99. The van der Waals surface area contributed by atoms with E-state index in [4.69, 9.17) is 9.57 Å². The lowest BCUT2D eigenvalue weighted by Gasteiger charge is -2.12. The Morgan fingerprint density at radius 1 is 1.00 bits per heavy atom. The van der Waals surface area contributed by atoms with E-state index in [0.29, 0.717) is 12.2 Å². The van der Waals surface area contributed by atoms with E-state index in [0.717, 1.165) is 16.8 Å². The maximum absolute atomic E-state index is 14.1. The van der Waals surface area contributed by atoms with Gasteiger partial charge in [-0.1, -0.05) is 59.3 Å². The zero-order valence-electron chi connectivity index (χ0n) is 14.4. The van der Waals surface area contributed by atoms with E-state index < -0.39 is 5.82 Å². The Morgan fingerprint density at radius 2 is 1.77 bits per heavy atom. The molecule has 0 spiro atoms. The fourth-order valence-corrected chi connectivity index (χ4v) is 2.89. The number of rotatable bonds is 4. The van der Waals surface area contributed by atoms with E-state index in [1.165, 1.54) is 11.6 Å². The fourth-order valence-electron chi connectivity index (χ4n) is 2.89. The van der Waals surface area contributed by atoms with Crippen molar-refractivity contribution in [2.75, 3.05) is 0 Å².